The lowest BCUT2D eigenvalue weighted by Gasteiger charge is -2.35. The molecule has 0 spiro atoms. The number of benzene rings is 2. The molecule has 1 aromatic heterocycles. The molecule has 0 saturated carbocycles. The van der Waals surface area contributed by atoms with Crippen LogP contribution in [0.5, 0.6) is 5.75 Å². The van der Waals surface area contributed by atoms with Crippen molar-refractivity contribution < 1.29 is 14.3 Å². The van der Waals surface area contributed by atoms with Gasteiger partial charge in [0.1, 0.15) is 11.8 Å². The van der Waals surface area contributed by atoms with E-state index in [1.807, 2.05) is 60.7 Å². The van der Waals surface area contributed by atoms with Crippen molar-refractivity contribution in [2.45, 2.75) is 31.7 Å². The number of amides is 2. The SMILES string of the molecule is COc1ccc(-c2cccc(C[C@H]3C(=O)NCCN3C(=O)CCCc3ccccn3)c2)cc1. The third kappa shape index (κ3) is 5.77. The van der Waals surface area contributed by atoms with Crippen LogP contribution in [0.1, 0.15) is 24.1 Å². The third-order valence-corrected chi connectivity index (χ3v) is 5.98. The number of hydrogen-bond acceptors (Lipinski definition) is 4. The molecule has 1 N–H and O–H groups in total. The maximum absolute atomic E-state index is 13.0. The summed E-state index contributed by atoms with van der Waals surface area (Å²) in [5, 5.41) is 2.92. The van der Waals surface area contributed by atoms with E-state index in [-0.39, 0.29) is 11.8 Å². The number of pyridine rings is 1. The first kappa shape index (κ1) is 22.5. The van der Waals surface area contributed by atoms with Gasteiger partial charge in [-0.3, -0.25) is 14.6 Å². The van der Waals surface area contributed by atoms with Crippen molar-refractivity contribution in [3.63, 3.8) is 0 Å². The first-order valence-electron chi connectivity index (χ1n) is 11.3. The van der Waals surface area contributed by atoms with Crippen molar-refractivity contribution in [1.82, 2.24) is 15.2 Å². The molecule has 0 radical (unpaired) electrons. The predicted molar refractivity (Wildman–Crippen MR) is 128 cm³/mol. The molecule has 2 aromatic carbocycles. The molecule has 33 heavy (non-hydrogen) atoms. The highest BCUT2D eigenvalue weighted by Gasteiger charge is 2.32. The number of ether oxygens (including phenoxy) is 1. The fourth-order valence-corrected chi connectivity index (χ4v) is 4.21. The third-order valence-electron chi connectivity index (χ3n) is 5.98. The second kappa shape index (κ2) is 10.8. The highest BCUT2D eigenvalue weighted by Crippen LogP contribution is 2.24. The summed E-state index contributed by atoms with van der Waals surface area (Å²) in [6.07, 6.45) is 4.13. The van der Waals surface area contributed by atoms with Crippen LogP contribution in [-0.4, -0.2) is 47.9 Å². The Morgan fingerprint density at radius 2 is 1.94 bits per heavy atom. The van der Waals surface area contributed by atoms with Gasteiger partial charge in [-0.15, -0.1) is 0 Å². The molecule has 1 atom stereocenters. The van der Waals surface area contributed by atoms with Gasteiger partial charge in [-0.25, -0.2) is 0 Å². The molecule has 1 aliphatic heterocycles. The number of rotatable bonds is 8. The molecular weight excluding hydrogens is 414 g/mol. The Kier molecular flexibility index (Phi) is 7.35. The number of aromatic nitrogens is 1. The van der Waals surface area contributed by atoms with E-state index in [9.17, 15) is 9.59 Å². The number of nitrogens with zero attached hydrogens (tertiary/aromatic N) is 2. The standard InChI is InChI=1S/C27H29N3O3/c1-33-24-13-11-21(12-14-24)22-7-4-6-20(18-22)19-25-27(32)29-16-17-30(25)26(31)10-5-9-23-8-2-3-15-28-23/h2-4,6-8,11-15,18,25H,5,9-10,16-17,19H2,1H3,(H,29,32)/t25-/m0/s1. The summed E-state index contributed by atoms with van der Waals surface area (Å²) >= 11 is 0. The summed E-state index contributed by atoms with van der Waals surface area (Å²) in [4.78, 5) is 31.8. The van der Waals surface area contributed by atoms with E-state index in [2.05, 4.69) is 16.4 Å². The van der Waals surface area contributed by atoms with E-state index in [0.29, 0.717) is 32.4 Å². The minimum Gasteiger partial charge on any atom is -0.497 e. The van der Waals surface area contributed by atoms with Crippen LogP contribution < -0.4 is 10.1 Å². The van der Waals surface area contributed by atoms with Gasteiger partial charge in [0.25, 0.3) is 0 Å². The molecule has 1 saturated heterocycles. The lowest BCUT2D eigenvalue weighted by atomic mass is 9.97. The summed E-state index contributed by atoms with van der Waals surface area (Å²) in [6, 6.07) is 21.4. The highest BCUT2D eigenvalue weighted by atomic mass is 16.5. The van der Waals surface area contributed by atoms with Gasteiger partial charge in [0, 0.05) is 37.8 Å². The van der Waals surface area contributed by atoms with E-state index >= 15 is 0 Å². The lowest BCUT2D eigenvalue weighted by Crippen LogP contribution is -2.58. The predicted octanol–water partition coefficient (Wildman–Crippen LogP) is 3.65. The van der Waals surface area contributed by atoms with E-state index < -0.39 is 6.04 Å². The number of hydrogen-bond donors (Lipinski definition) is 1. The van der Waals surface area contributed by atoms with Gasteiger partial charge in [-0.05, 0) is 53.8 Å². The zero-order valence-corrected chi connectivity index (χ0v) is 18.9. The maximum Gasteiger partial charge on any atom is 0.243 e. The number of aryl methyl sites for hydroxylation is 1. The van der Waals surface area contributed by atoms with Gasteiger partial charge in [0.15, 0.2) is 0 Å². The average molecular weight is 444 g/mol. The topological polar surface area (TPSA) is 71.5 Å². The normalized spacial score (nSPS) is 15.7. The number of piperazine rings is 1. The minimum atomic E-state index is -0.493. The molecule has 0 bridgehead atoms. The Bertz CT molecular complexity index is 1080. The van der Waals surface area contributed by atoms with Crippen LogP contribution in [0.2, 0.25) is 0 Å². The Morgan fingerprint density at radius 3 is 2.70 bits per heavy atom. The van der Waals surface area contributed by atoms with Crippen LogP contribution in [0.25, 0.3) is 11.1 Å². The summed E-state index contributed by atoms with van der Waals surface area (Å²) in [5.41, 5.74) is 4.15. The summed E-state index contributed by atoms with van der Waals surface area (Å²) in [6.45, 7) is 1.03. The van der Waals surface area contributed by atoms with E-state index in [1.54, 1.807) is 18.2 Å². The second-order valence-corrected chi connectivity index (χ2v) is 8.20. The molecule has 2 heterocycles. The van der Waals surface area contributed by atoms with Crippen LogP contribution in [0.15, 0.2) is 72.9 Å². The molecule has 4 rings (SSSR count). The van der Waals surface area contributed by atoms with Crippen LogP contribution in [0.3, 0.4) is 0 Å². The van der Waals surface area contributed by atoms with Crippen molar-refractivity contribution >= 4 is 11.8 Å². The second-order valence-electron chi connectivity index (χ2n) is 8.20. The van der Waals surface area contributed by atoms with Crippen molar-refractivity contribution in [3.05, 3.63) is 84.2 Å². The quantitative estimate of drug-likeness (QED) is 0.577. The van der Waals surface area contributed by atoms with Crippen LogP contribution in [-0.2, 0) is 22.4 Å². The van der Waals surface area contributed by atoms with Gasteiger partial charge in [0.05, 0.1) is 7.11 Å². The van der Waals surface area contributed by atoms with Gasteiger partial charge in [0.2, 0.25) is 11.8 Å². The summed E-state index contributed by atoms with van der Waals surface area (Å²) in [5.74, 6) is 0.747. The molecular formula is C27H29N3O3. The molecule has 3 aromatic rings. The van der Waals surface area contributed by atoms with Gasteiger partial charge >= 0.3 is 0 Å². The van der Waals surface area contributed by atoms with Gasteiger partial charge in [-0.2, -0.15) is 0 Å². The van der Waals surface area contributed by atoms with Crippen LogP contribution in [0.4, 0.5) is 0 Å². The van der Waals surface area contributed by atoms with Gasteiger partial charge < -0.3 is 15.0 Å². The van der Waals surface area contributed by atoms with Crippen LogP contribution in [0, 0.1) is 0 Å². The first-order chi connectivity index (χ1) is 16.1. The minimum absolute atomic E-state index is 0.0251. The van der Waals surface area contributed by atoms with Crippen molar-refractivity contribution in [3.8, 4) is 16.9 Å². The fraction of sp³-hybridized carbons (Fsp3) is 0.296. The van der Waals surface area contributed by atoms with E-state index in [0.717, 1.165) is 34.6 Å². The molecule has 0 aliphatic carbocycles. The molecule has 0 unspecified atom stereocenters. The Balaban J connectivity index is 1.43. The summed E-state index contributed by atoms with van der Waals surface area (Å²) in [7, 11) is 1.65. The number of carbonyl (C=O) groups is 2. The zero-order valence-electron chi connectivity index (χ0n) is 18.9. The van der Waals surface area contributed by atoms with Crippen molar-refractivity contribution in [1.29, 1.82) is 0 Å². The fourth-order valence-electron chi connectivity index (χ4n) is 4.21. The number of carbonyl (C=O) groups excluding carboxylic acids is 2. The van der Waals surface area contributed by atoms with Crippen molar-refractivity contribution in [2.24, 2.45) is 0 Å². The van der Waals surface area contributed by atoms with Crippen molar-refractivity contribution in [2.75, 3.05) is 20.2 Å². The van der Waals surface area contributed by atoms with Crippen LogP contribution >= 0.6 is 0 Å². The molecule has 170 valence electrons. The van der Waals surface area contributed by atoms with E-state index in [1.165, 1.54) is 0 Å². The molecule has 1 aliphatic rings. The molecule has 2 amide bonds. The molecule has 6 nitrogen and oxygen atoms in total. The Hall–Kier alpha value is -3.67. The average Bonchev–Trinajstić information content (AvgIpc) is 2.86. The first-order valence-corrected chi connectivity index (χ1v) is 11.3. The number of methoxy groups -OCH3 is 1. The molecule has 1 fully saturated rings. The lowest BCUT2D eigenvalue weighted by molar-refractivity contribution is -0.143. The summed E-state index contributed by atoms with van der Waals surface area (Å²) < 4.78 is 5.24. The number of nitrogens with one attached hydrogen (secondary N) is 1. The largest absolute Gasteiger partial charge is 0.497 e. The highest BCUT2D eigenvalue weighted by molar-refractivity contribution is 5.89. The van der Waals surface area contributed by atoms with Gasteiger partial charge in [-0.1, -0.05) is 42.5 Å². The monoisotopic (exact) mass is 443 g/mol. The Labute approximate surface area is 194 Å². The Morgan fingerprint density at radius 1 is 1.09 bits per heavy atom. The smallest absolute Gasteiger partial charge is 0.243 e. The molecule has 6 heteroatoms. The van der Waals surface area contributed by atoms with E-state index in [4.69, 9.17) is 4.74 Å². The zero-order chi connectivity index (χ0) is 23.0. The maximum atomic E-state index is 13.0.